The van der Waals surface area contributed by atoms with Crippen LogP contribution in [0, 0.1) is 5.92 Å². The predicted molar refractivity (Wildman–Crippen MR) is 116 cm³/mol. The maximum absolute atomic E-state index is 12.9. The number of rotatable bonds is 12. The third-order valence-corrected chi connectivity index (χ3v) is 5.70. The van der Waals surface area contributed by atoms with Crippen LogP contribution < -0.4 is 22.1 Å². The zero-order valence-corrected chi connectivity index (χ0v) is 18.9. The first-order valence-corrected chi connectivity index (χ1v) is 11.6. The molecule has 1 fully saturated rings. The largest absolute Gasteiger partial charge is 0.480 e. The van der Waals surface area contributed by atoms with Crippen LogP contribution in [0.15, 0.2) is 0 Å². The number of carbonyl (C=O) groups is 5. The standard InChI is InChI=1S/C19H33N5O6S/c1-10(2)15(17(27)22-12(19(29)30)9-14(21)25)23-16(26)13-5-4-7-24(13)18(28)11(20)6-8-31-3/h10-13,15H,4-9,20H2,1-3H3,(H2,21,25)(H,22,27)(H,23,26)(H,29,30). The van der Waals surface area contributed by atoms with Crippen molar-refractivity contribution in [1.29, 1.82) is 0 Å². The summed E-state index contributed by atoms with van der Waals surface area (Å²) in [5.41, 5.74) is 11.0. The van der Waals surface area contributed by atoms with Gasteiger partial charge in [-0.1, -0.05) is 13.8 Å². The summed E-state index contributed by atoms with van der Waals surface area (Å²) in [5, 5.41) is 14.1. The Balaban J connectivity index is 2.86. The van der Waals surface area contributed by atoms with E-state index in [0.717, 1.165) is 5.75 Å². The summed E-state index contributed by atoms with van der Waals surface area (Å²) in [4.78, 5) is 62.0. The van der Waals surface area contributed by atoms with Crippen LogP contribution in [0.5, 0.6) is 0 Å². The maximum Gasteiger partial charge on any atom is 0.326 e. The van der Waals surface area contributed by atoms with Crippen molar-refractivity contribution in [3.63, 3.8) is 0 Å². The molecule has 4 unspecified atom stereocenters. The van der Waals surface area contributed by atoms with Crippen molar-refractivity contribution in [3.8, 4) is 0 Å². The van der Waals surface area contributed by atoms with E-state index in [9.17, 15) is 29.1 Å². The second kappa shape index (κ2) is 12.5. The summed E-state index contributed by atoms with van der Waals surface area (Å²) in [6, 6.07) is -4.00. The molecular weight excluding hydrogens is 426 g/mol. The second-order valence-corrected chi connectivity index (χ2v) is 8.86. The number of hydrogen-bond acceptors (Lipinski definition) is 7. The van der Waals surface area contributed by atoms with Gasteiger partial charge in [0.15, 0.2) is 0 Å². The molecule has 0 radical (unpaired) electrons. The number of carbonyl (C=O) groups excluding carboxylic acids is 4. The van der Waals surface area contributed by atoms with Crippen molar-refractivity contribution in [2.45, 2.75) is 63.7 Å². The maximum atomic E-state index is 12.9. The average molecular weight is 460 g/mol. The molecule has 0 aliphatic carbocycles. The Bertz CT molecular complexity index is 689. The van der Waals surface area contributed by atoms with Crippen molar-refractivity contribution >= 4 is 41.4 Å². The number of nitrogens with one attached hydrogen (secondary N) is 2. The summed E-state index contributed by atoms with van der Waals surface area (Å²) in [6.07, 6.45) is 2.92. The Morgan fingerprint density at radius 3 is 2.35 bits per heavy atom. The van der Waals surface area contributed by atoms with Crippen molar-refractivity contribution in [2.24, 2.45) is 17.4 Å². The van der Waals surface area contributed by atoms with Crippen LogP contribution in [0.3, 0.4) is 0 Å². The highest BCUT2D eigenvalue weighted by Crippen LogP contribution is 2.20. The van der Waals surface area contributed by atoms with Crippen LogP contribution in [0.2, 0.25) is 0 Å². The summed E-state index contributed by atoms with van der Waals surface area (Å²) >= 11 is 1.58. The van der Waals surface area contributed by atoms with E-state index >= 15 is 0 Å². The monoisotopic (exact) mass is 459 g/mol. The van der Waals surface area contributed by atoms with Gasteiger partial charge in [0.2, 0.25) is 23.6 Å². The van der Waals surface area contributed by atoms with E-state index in [-0.39, 0.29) is 11.8 Å². The van der Waals surface area contributed by atoms with Crippen molar-refractivity contribution in [2.75, 3.05) is 18.6 Å². The second-order valence-electron chi connectivity index (χ2n) is 7.88. The third-order valence-electron chi connectivity index (χ3n) is 5.06. The van der Waals surface area contributed by atoms with Crippen LogP contribution >= 0.6 is 11.8 Å². The number of primary amides is 1. The lowest BCUT2D eigenvalue weighted by atomic mass is 10.0. The first-order valence-electron chi connectivity index (χ1n) is 10.2. The number of thioether (sulfide) groups is 1. The van der Waals surface area contributed by atoms with Gasteiger partial charge in [-0.05, 0) is 37.2 Å². The fraction of sp³-hybridized carbons (Fsp3) is 0.737. The average Bonchev–Trinajstić information content (AvgIpc) is 3.17. The van der Waals surface area contributed by atoms with Gasteiger partial charge in [0.1, 0.15) is 18.1 Å². The molecule has 1 aliphatic rings. The molecule has 4 amide bonds. The number of nitrogens with two attached hydrogens (primary N) is 2. The Morgan fingerprint density at radius 2 is 1.84 bits per heavy atom. The molecule has 7 N–H and O–H groups in total. The van der Waals surface area contributed by atoms with Gasteiger partial charge in [-0.3, -0.25) is 19.2 Å². The van der Waals surface area contributed by atoms with Gasteiger partial charge in [0.25, 0.3) is 0 Å². The Morgan fingerprint density at radius 1 is 1.19 bits per heavy atom. The van der Waals surface area contributed by atoms with Crippen LogP contribution in [0.1, 0.15) is 39.5 Å². The van der Waals surface area contributed by atoms with E-state index in [2.05, 4.69) is 10.6 Å². The molecule has 1 aliphatic heterocycles. The first-order chi connectivity index (χ1) is 14.5. The summed E-state index contributed by atoms with van der Waals surface area (Å²) in [6.45, 7) is 3.77. The molecule has 0 saturated carbocycles. The molecule has 0 aromatic rings. The minimum atomic E-state index is -1.50. The highest BCUT2D eigenvalue weighted by Gasteiger charge is 2.38. The Hall–Kier alpha value is -2.34. The fourth-order valence-electron chi connectivity index (χ4n) is 3.33. The first kappa shape index (κ1) is 26.7. The van der Waals surface area contributed by atoms with Gasteiger partial charge in [-0.2, -0.15) is 11.8 Å². The highest BCUT2D eigenvalue weighted by molar-refractivity contribution is 7.98. The number of likely N-dealkylation sites (tertiary alicyclic amines) is 1. The Kier molecular flexibility index (Phi) is 10.8. The lowest BCUT2D eigenvalue weighted by Crippen LogP contribution is -2.58. The van der Waals surface area contributed by atoms with Gasteiger partial charge in [-0.25, -0.2) is 4.79 Å². The van der Waals surface area contributed by atoms with Crippen molar-refractivity contribution in [1.82, 2.24) is 15.5 Å². The van der Waals surface area contributed by atoms with Gasteiger partial charge in [0.05, 0.1) is 12.5 Å². The molecule has 0 aromatic heterocycles. The summed E-state index contributed by atoms with van der Waals surface area (Å²) in [7, 11) is 0. The van der Waals surface area contributed by atoms with Gasteiger partial charge in [-0.15, -0.1) is 0 Å². The number of amides is 4. The molecule has 0 bridgehead atoms. The number of nitrogens with zero attached hydrogens (tertiary/aromatic N) is 1. The van der Waals surface area contributed by atoms with E-state index < -0.39 is 54.3 Å². The molecule has 1 heterocycles. The van der Waals surface area contributed by atoms with E-state index in [4.69, 9.17) is 11.5 Å². The van der Waals surface area contributed by atoms with E-state index in [1.165, 1.54) is 4.90 Å². The minimum Gasteiger partial charge on any atom is -0.480 e. The smallest absolute Gasteiger partial charge is 0.326 e. The number of carboxylic acid groups (broad SMARTS) is 1. The number of hydrogen-bond donors (Lipinski definition) is 5. The van der Waals surface area contributed by atoms with Gasteiger partial charge < -0.3 is 32.1 Å². The van der Waals surface area contributed by atoms with Crippen LogP contribution in [0.25, 0.3) is 0 Å². The van der Waals surface area contributed by atoms with E-state index in [1.54, 1.807) is 25.6 Å². The quantitative estimate of drug-likeness (QED) is 0.237. The van der Waals surface area contributed by atoms with Crippen molar-refractivity contribution < 1.29 is 29.1 Å². The third kappa shape index (κ3) is 8.02. The number of carboxylic acids is 1. The van der Waals surface area contributed by atoms with Crippen molar-refractivity contribution in [3.05, 3.63) is 0 Å². The molecule has 4 atom stereocenters. The molecule has 31 heavy (non-hydrogen) atoms. The highest BCUT2D eigenvalue weighted by atomic mass is 32.2. The molecule has 11 nitrogen and oxygen atoms in total. The lowest BCUT2D eigenvalue weighted by molar-refractivity contribution is -0.144. The molecule has 12 heteroatoms. The molecule has 0 aromatic carbocycles. The lowest BCUT2D eigenvalue weighted by Gasteiger charge is -2.29. The van der Waals surface area contributed by atoms with E-state index in [0.29, 0.717) is 25.8 Å². The van der Waals surface area contributed by atoms with Crippen LogP contribution in [-0.2, 0) is 24.0 Å². The van der Waals surface area contributed by atoms with Crippen LogP contribution in [-0.4, -0.2) is 82.3 Å². The summed E-state index contributed by atoms with van der Waals surface area (Å²) in [5.74, 6) is -3.49. The number of aliphatic carboxylic acids is 1. The van der Waals surface area contributed by atoms with E-state index in [1.807, 2.05) is 6.26 Å². The molecule has 176 valence electrons. The normalized spacial score (nSPS) is 18.9. The molecule has 0 spiro atoms. The predicted octanol–water partition coefficient (Wildman–Crippen LogP) is -1.36. The molecule has 1 rings (SSSR count). The van der Waals surface area contributed by atoms with Gasteiger partial charge >= 0.3 is 5.97 Å². The molecular formula is C19H33N5O6S. The zero-order valence-electron chi connectivity index (χ0n) is 18.1. The molecule has 1 saturated heterocycles. The summed E-state index contributed by atoms with van der Waals surface area (Å²) < 4.78 is 0. The van der Waals surface area contributed by atoms with Gasteiger partial charge in [0, 0.05) is 6.54 Å². The zero-order chi connectivity index (χ0) is 23.7. The van der Waals surface area contributed by atoms with Crippen LogP contribution in [0.4, 0.5) is 0 Å². The Labute approximate surface area is 186 Å². The topological polar surface area (TPSA) is 185 Å². The minimum absolute atomic E-state index is 0.301. The fourth-order valence-corrected chi connectivity index (χ4v) is 3.82. The SMILES string of the molecule is CSCCC(N)C(=O)N1CCCC1C(=O)NC(C(=O)NC(CC(N)=O)C(=O)O)C(C)C.